The number of benzene rings is 2. The van der Waals surface area contributed by atoms with Crippen molar-refractivity contribution in [2.75, 3.05) is 49.0 Å². The summed E-state index contributed by atoms with van der Waals surface area (Å²) in [6.45, 7) is 1.37. The summed E-state index contributed by atoms with van der Waals surface area (Å²) in [4.78, 5) is 43.2. The van der Waals surface area contributed by atoms with Gasteiger partial charge in [-0.15, -0.1) is 11.8 Å². The van der Waals surface area contributed by atoms with Gasteiger partial charge in [-0.25, -0.2) is 4.79 Å². The van der Waals surface area contributed by atoms with Crippen LogP contribution in [0.25, 0.3) is 0 Å². The average Bonchev–Trinajstić information content (AvgIpc) is 2.85. The van der Waals surface area contributed by atoms with Crippen molar-refractivity contribution in [1.29, 1.82) is 0 Å². The number of amides is 1. The maximum absolute atomic E-state index is 12.8. The highest BCUT2D eigenvalue weighted by molar-refractivity contribution is 7.98. The highest BCUT2D eigenvalue weighted by Gasteiger charge is 2.20. The Balaban J connectivity index is 1.84. The number of carbonyl (C=O) groups is 1. The zero-order valence-corrected chi connectivity index (χ0v) is 20.8. The van der Waals surface area contributed by atoms with Gasteiger partial charge in [-0.2, -0.15) is 0 Å². The number of hydrogen-bond donors (Lipinski definition) is 3. The van der Waals surface area contributed by atoms with E-state index in [1.807, 2.05) is 60.9 Å². The monoisotopic (exact) mass is 497 g/mol. The molecule has 0 radical (unpaired) electrons. The van der Waals surface area contributed by atoms with Crippen LogP contribution in [0.3, 0.4) is 0 Å². The molecule has 10 heteroatoms. The van der Waals surface area contributed by atoms with Gasteiger partial charge in [0.2, 0.25) is 5.91 Å². The number of nitrogens with zero attached hydrogens (tertiary/aromatic N) is 2. The molecule has 186 valence electrons. The van der Waals surface area contributed by atoms with Gasteiger partial charge in [-0.05, 0) is 30.4 Å². The van der Waals surface area contributed by atoms with Crippen LogP contribution >= 0.6 is 11.8 Å². The quantitative estimate of drug-likeness (QED) is 0.260. The van der Waals surface area contributed by atoms with Crippen molar-refractivity contribution < 1.29 is 9.53 Å². The van der Waals surface area contributed by atoms with E-state index in [0.29, 0.717) is 19.6 Å². The summed E-state index contributed by atoms with van der Waals surface area (Å²) in [7, 11) is 1.60. The molecule has 1 aromatic heterocycles. The molecule has 4 N–H and O–H groups in total. The maximum atomic E-state index is 12.8. The van der Waals surface area contributed by atoms with Crippen LogP contribution in [0.5, 0.6) is 0 Å². The van der Waals surface area contributed by atoms with E-state index in [2.05, 4.69) is 10.3 Å². The fourth-order valence-electron chi connectivity index (χ4n) is 3.74. The van der Waals surface area contributed by atoms with Gasteiger partial charge in [0.05, 0.1) is 12.2 Å². The van der Waals surface area contributed by atoms with Crippen molar-refractivity contribution >= 4 is 34.9 Å². The van der Waals surface area contributed by atoms with Crippen molar-refractivity contribution in [3.8, 4) is 0 Å². The van der Waals surface area contributed by atoms with Gasteiger partial charge >= 0.3 is 5.69 Å². The predicted molar refractivity (Wildman–Crippen MR) is 141 cm³/mol. The third-order valence-corrected chi connectivity index (χ3v) is 6.28. The number of nitrogen functional groups attached to an aromatic ring is 1. The van der Waals surface area contributed by atoms with Gasteiger partial charge in [0.25, 0.3) is 5.56 Å². The second kappa shape index (κ2) is 12.8. The Hall–Kier alpha value is -3.50. The molecule has 0 unspecified atom stereocenters. The van der Waals surface area contributed by atoms with Gasteiger partial charge in [-0.3, -0.25) is 19.1 Å². The van der Waals surface area contributed by atoms with Crippen LogP contribution in [0.4, 0.5) is 17.2 Å². The van der Waals surface area contributed by atoms with Crippen molar-refractivity contribution in [3.63, 3.8) is 0 Å². The van der Waals surface area contributed by atoms with Gasteiger partial charge in [0, 0.05) is 38.1 Å². The molecule has 1 heterocycles. The predicted octanol–water partition coefficient (Wildman–Crippen LogP) is 2.76. The fraction of sp³-hybridized carbons (Fsp3) is 0.320. The lowest BCUT2D eigenvalue weighted by atomic mass is 10.2. The van der Waals surface area contributed by atoms with Crippen LogP contribution in [-0.4, -0.2) is 48.5 Å². The number of thioether (sulfide) groups is 1. The Kier molecular flexibility index (Phi) is 9.56. The molecule has 0 aliphatic heterocycles. The van der Waals surface area contributed by atoms with E-state index in [-0.39, 0.29) is 36.9 Å². The molecule has 0 atom stereocenters. The molecule has 1 amide bonds. The average molecular weight is 498 g/mol. The summed E-state index contributed by atoms with van der Waals surface area (Å²) in [6.07, 6.45) is 2.69. The normalized spacial score (nSPS) is 10.8. The smallest absolute Gasteiger partial charge is 0.330 e. The Bertz CT molecular complexity index is 1240. The number of rotatable bonds is 12. The molecule has 0 aliphatic rings. The van der Waals surface area contributed by atoms with Crippen LogP contribution in [-0.2, 0) is 16.1 Å². The van der Waals surface area contributed by atoms with Crippen LogP contribution in [0.1, 0.15) is 18.4 Å². The van der Waals surface area contributed by atoms with Gasteiger partial charge in [0.15, 0.2) is 0 Å². The minimum Gasteiger partial charge on any atom is -0.385 e. The van der Waals surface area contributed by atoms with Crippen molar-refractivity contribution in [1.82, 2.24) is 9.55 Å². The lowest BCUT2D eigenvalue weighted by molar-refractivity contribution is -0.116. The summed E-state index contributed by atoms with van der Waals surface area (Å²) in [5, 5.41) is 2.93. The van der Waals surface area contributed by atoms with E-state index in [1.165, 1.54) is 4.57 Å². The first-order valence-electron chi connectivity index (χ1n) is 11.3. The Morgan fingerprint density at radius 1 is 1.11 bits per heavy atom. The fourth-order valence-corrected chi connectivity index (χ4v) is 4.29. The van der Waals surface area contributed by atoms with Crippen molar-refractivity contribution in [2.45, 2.75) is 24.3 Å². The molecule has 0 fully saturated rings. The Morgan fingerprint density at radius 2 is 1.83 bits per heavy atom. The minimum absolute atomic E-state index is 0.0631. The lowest BCUT2D eigenvalue weighted by Gasteiger charge is -2.26. The zero-order valence-electron chi connectivity index (χ0n) is 20.0. The van der Waals surface area contributed by atoms with Crippen molar-refractivity contribution in [3.05, 3.63) is 81.0 Å². The number of anilines is 3. The SMILES string of the molecule is COCCCN(CCC(=O)Nc1ccccc1SC)c1c(N)n(Cc2ccccc2)c(=O)[nH]c1=O. The molecular weight excluding hydrogens is 466 g/mol. The molecule has 0 spiro atoms. The number of methoxy groups -OCH3 is 1. The molecular formula is C25H31N5O4S. The number of H-pyrrole nitrogens is 1. The first-order chi connectivity index (χ1) is 16.9. The molecule has 0 saturated carbocycles. The second-order valence-corrected chi connectivity index (χ2v) is 8.74. The summed E-state index contributed by atoms with van der Waals surface area (Å²) in [5.41, 5.74) is 7.00. The number of aromatic amines is 1. The van der Waals surface area contributed by atoms with Crippen LogP contribution in [0, 0.1) is 0 Å². The Labute approximate surface area is 208 Å². The van der Waals surface area contributed by atoms with E-state index in [0.717, 1.165) is 16.1 Å². The Morgan fingerprint density at radius 3 is 2.54 bits per heavy atom. The minimum atomic E-state index is -0.581. The molecule has 35 heavy (non-hydrogen) atoms. The molecule has 3 aromatic rings. The maximum Gasteiger partial charge on any atom is 0.330 e. The standard InChI is InChI=1S/C25H31N5O4S/c1-34-16-8-14-29(15-13-21(31)27-19-11-6-7-12-20(19)35-2)22-23(26)30(25(33)28-24(22)32)17-18-9-4-3-5-10-18/h3-7,9-12H,8,13-17,26H2,1-2H3,(H,27,31)(H,28,32,33). The van der Waals surface area contributed by atoms with Gasteiger partial charge in [-0.1, -0.05) is 42.5 Å². The number of nitrogens with two attached hydrogens (primary N) is 1. The van der Waals surface area contributed by atoms with E-state index in [4.69, 9.17) is 10.5 Å². The summed E-state index contributed by atoms with van der Waals surface area (Å²) >= 11 is 1.55. The van der Waals surface area contributed by atoms with E-state index < -0.39 is 11.2 Å². The summed E-state index contributed by atoms with van der Waals surface area (Å²) < 4.78 is 6.50. The van der Waals surface area contributed by atoms with E-state index in [9.17, 15) is 14.4 Å². The molecule has 0 bridgehead atoms. The molecule has 0 saturated heterocycles. The number of nitrogens with one attached hydrogen (secondary N) is 2. The number of aromatic nitrogens is 2. The van der Waals surface area contributed by atoms with Crippen LogP contribution in [0.2, 0.25) is 0 Å². The summed E-state index contributed by atoms with van der Waals surface area (Å²) in [6, 6.07) is 16.9. The number of carbonyl (C=O) groups excluding carboxylic acids is 1. The number of hydrogen-bond acceptors (Lipinski definition) is 7. The van der Waals surface area contributed by atoms with Crippen LogP contribution in [0.15, 0.2) is 69.1 Å². The third-order valence-electron chi connectivity index (χ3n) is 5.48. The van der Waals surface area contributed by atoms with Crippen molar-refractivity contribution in [2.24, 2.45) is 0 Å². The molecule has 9 nitrogen and oxygen atoms in total. The lowest BCUT2D eigenvalue weighted by Crippen LogP contribution is -2.40. The number of ether oxygens (including phenoxy) is 1. The molecule has 0 aliphatic carbocycles. The molecule has 2 aromatic carbocycles. The number of para-hydroxylation sites is 1. The highest BCUT2D eigenvalue weighted by Crippen LogP contribution is 2.25. The molecule has 3 rings (SSSR count). The van der Waals surface area contributed by atoms with Crippen LogP contribution < -0.4 is 27.2 Å². The summed E-state index contributed by atoms with van der Waals surface area (Å²) in [5.74, 6) is -0.121. The third kappa shape index (κ3) is 7.00. The van der Waals surface area contributed by atoms with Gasteiger partial charge in [0.1, 0.15) is 11.5 Å². The first kappa shape index (κ1) is 26.1. The van der Waals surface area contributed by atoms with Gasteiger partial charge < -0.3 is 20.7 Å². The zero-order chi connectivity index (χ0) is 25.2. The van der Waals surface area contributed by atoms with E-state index in [1.54, 1.807) is 23.8 Å². The van der Waals surface area contributed by atoms with E-state index >= 15 is 0 Å². The largest absolute Gasteiger partial charge is 0.385 e. The second-order valence-electron chi connectivity index (χ2n) is 7.90. The topological polar surface area (TPSA) is 122 Å². The highest BCUT2D eigenvalue weighted by atomic mass is 32.2. The first-order valence-corrected chi connectivity index (χ1v) is 12.5.